The van der Waals surface area contributed by atoms with Crippen LogP contribution in [0.2, 0.25) is 0 Å². The summed E-state index contributed by atoms with van der Waals surface area (Å²) in [6.45, 7) is 5.39. The quantitative estimate of drug-likeness (QED) is 0.709. The van der Waals surface area contributed by atoms with Crippen LogP contribution in [-0.4, -0.2) is 18.7 Å². The Kier molecular flexibility index (Phi) is 5.29. The SMILES string of the molecule is CCC(C)C1CC=C(CCC2CCCC(=O)O2)OC1. The molecule has 19 heavy (non-hydrogen) atoms. The third kappa shape index (κ3) is 4.26. The maximum absolute atomic E-state index is 11.2. The number of allylic oxidation sites excluding steroid dienone is 2. The lowest BCUT2D eigenvalue weighted by Gasteiger charge is -2.28. The highest BCUT2D eigenvalue weighted by molar-refractivity contribution is 5.70. The van der Waals surface area contributed by atoms with E-state index < -0.39 is 0 Å². The van der Waals surface area contributed by atoms with Gasteiger partial charge < -0.3 is 9.47 Å². The third-order valence-electron chi connectivity index (χ3n) is 4.50. The topological polar surface area (TPSA) is 35.5 Å². The normalized spacial score (nSPS) is 29.2. The highest BCUT2D eigenvalue weighted by Crippen LogP contribution is 2.28. The minimum atomic E-state index is -0.0355. The van der Waals surface area contributed by atoms with E-state index >= 15 is 0 Å². The number of hydrogen-bond donors (Lipinski definition) is 0. The second-order valence-electron chi connectivity index (χ2n) is 5.91. The molecular weight excluding hydrogens is 240 g/mol. The van der Waals surface area contributed by atoms with Crippen LogP contribution >= 0.6 is 0 Å². The van der Waals surface area contributed by atoms with E-state index in [0.29, 0.717) is 12.3 Å². The maximum atomic E-state index is 11.2. The van der Waals surface area contributed by atoms with Gasteiger partial charge in [-0.2, -0.15) is 0 Å². The molecule has 0 amide bonds. The van der Waals surface area contributed by atoms with Crippen molar-refractivity contribution in [3.63, 3.8) is 0 Å². The van der Waals surface area contributed by atoms with Crippen LogP contribution in [0.15, 0.2) is 11.8 Å². The van der Waals surface area contributed by atoms with E-state index in [-0.39, 0.29) is 12.1 Å². The number of esters is 1. The molecule has 0 bridgehead atoms. The predicted octanol–water partition coefficient (Wildman–Crippen LogP) is 3.83. The molecule has 0 aliphatic carbocycles. The summed E-state index contributed by atoms with van der Waals surface area (Å²) in [6.07, 6.45) is 9.09. The average Bonchev–Trinajstić information content (AvgIpc) is 2.45. The Morgan fingerprint density at radius 3 is 2.95 bits per heavy atom. The molecule has 0 radical (unpaired) electrons. The van der Waals surface area contributed by atoms with Gasteiger partial charge in [0.15, 0.2) is 0 Å². The summed E-state index contributed by atoms with van der Waals surface area (Å²) in [5.74, 6) is 2.46. The van der Waals surface area contributed by atoms with Crippen LogP contribution in [0.4, 0.5) is 0 Å². The fourth-order valence-corrected chi connectivity index (χ4v) is 2.81. The number of carbonyl (C=O) groups excluding carboxylic acids is 1. The predicted molar refractivity (Wildman–Crippen MR) is 74.6 cm³/mol. The molecule has 0 N–H and O–H groups in total. The zero-order valence-corrected chi connectivity index (χ0v) is 12.2. The minimum Gasteiger partial charge on any atom is -0.498 e. The molecule has 0 aromatic carbocycles. The minimum absolute atomic E-state index is 0.0355. The molecule has 0 aromatic heterocycles. The van der Waals surface area contributed by atoms with E-state index in [2.05, 4.69) is 19.9 Å². The lowest BCUT2D eigenvalue weighted by molar-refractivity contribution is -0.154. The van der Waals surface area contributed by atoms with Crippen LogP contribution in [0.1, 0.15) is 58.8 Å². The summed E-state index contributed by atoms with van der Waals surface area (Å²) in [7, 11) is 0. The number of hydrogen-bond acceptors (Lipinski definition) is 3. The number of rotatable bonds is 5. The van der Waals surface area contributed by atoms with Gasteiger partial charge in [0.1, 0.15) is 6.10 Å². The first-order valence-corrected chi connectivity index (χ1v) is 7.70. The van der Waals surface area contributed by atoms with Gasteiger partial charge in [0.2, 0.25) is 0 Å². The van der Waals surface area contributed by atoms with E-state index in [1.54, 1.807) is 0 Å². The molecule has 108 valence electrons. The van der Waals surface area contributed by atoms with Crippen LogP contribution < -0.4 is 0 Å². The van der Waals surface area contributed by atoms with Crippen molar-refractivity contribution in [2.45, 2.75) is 64.9 Å². The second kappa shape index (κ2) is 6.97. The van der Waals surface area contributed by atoms with Gasteiger partial charge in [0.05, 0.1) is 12.4 Å². The second-order valence-corrected chi connectivity index (χ2v) is 5.91. The van der Waals surface area contributed by atoms with E-state index in [1.807, 2.05) is 0 Å². The Bertz CT molecular complexity index is 335. The first kappa shape index (κ1) is 14.4. The Morgan fingerprint density at radius 1 is 1.47 bits per heavy atom. The van der Waals surface area contributed by atoms with Crippen LogP contribution in [0.3, 0.4) is 0 Å². The number of carbonyl (C=O) groups is 1. The molecule has 2 aliphatic rings. The van der Waals surface area contributed by atoms with Gasteiger partial charge in [-0.25, -0.2) is 0 Å². The molecule has 0 aromatic rings. The highest BCUT2D eigenvalue weighted by atomic mass is 16.5. The Morgan fingerprint density at radius 2 is 2.32 bits per heavy atom. The zero-order chi connectivity index (χ0) is 13.7. The Balaban J connectivity index is 1.72. The van der Waals surface area contributed by atoms with E-state index in [4.69, 9.17) is 9.47 Å². The summed E-state index contributed by atoms with van der Waals surface area (Å²) in [4.78, 5) is 11.2. The van der Waals surface area contributed by atoms with Crippen molar-refractivity contribution >= 4 is 5.97 Å². The van der Waals surface area contributed by atoms with E-state index in [9.17, 15) is 4.79 Å². The third-order valence-corrected chi connectivity index (χ3v) is 4.50. The molecule has 3 unspecified atom stereocenters. The van der Waals surface area contributed by atoms with Gasteiger partial charge in [0.25, 0.3) is 0 Å². The van der Waals surface area contributed by atoms with Gasteiger partial charge in [-0.3, -0.25) is 4.79 Å². The zero-order valence-electron chi connectivity index (χ0n) is 12.2. The molecule has 0 saturated carbocycles. The molecule has 2 heterocycles. The van der Waals surface area contributed by atoms with Crippen LogP contribution in [0, 0.1) is 11.8 Å². The van der Waals surface area contributed by atoms with Gasteiger partial charge in [-0.15, -0.1) is 0 Å². The lowest BCUT2D eigenvalue weighted by Crippen LogP contribution is -2.24. The molecule has 0 spiro atoms. The summed E-state index contributed by atoms with van der Waals surface area (Å²) in [5.41, 5.74) is 0. The fourth-order valence-electron chi connectivity index (χ4n) is 2.81. The fraction of sp³-hybridized carbons (Fsp3) is 0.812. The Hall–Kier alpha value is -0.990. The number of cyclic esters (lactones) is 1. The van der Waals surface area contributed by atoms with Crippen molar-refractivity contribution in [1.29, 1.82) is 0 Å². The molecule has 2 rings (SSSR count). The van der Waals surface area contributed by atoms with Crippen molar-refractivity contribution in [2.24, 2.45) is 11.8 Å². The first-order valence-electron chi connectivity index (χ1n) is 7.70. The van der Waals surface area contributed by atoms with Crippen LogP contribution in [0.25, 0.3) is 0 Å². The summed E-state index contributed by atoms with van der Waals surface area (Å²) in [6, 6.07) is 0. The summed E-state index contributed by atoms with van der Waals surface area (Å²) in [5, 5.41) is 0. The van der Waals surface area contributed by atoms with Crippen molar-refractivity contribution < 1.29 is 14.3 Å². The molecule has 3 atom stereocenters. The van der Waals surface area contributed by atoms with Crippen LogP contribution in [0.5, 0.6) is 0 Å². The van der Waals surface area contributed by atoms with E-state index in [1.165, 1.54) is 6.42 Å². The largest absolute Gasteiger partial charge is 0.498 e. The number of ether oxygens (including phenoxy) is 2. The molecule has 1 fully saturated rings. The Labute approximate surface area is 116 Å². The smallest absolute Gasteiger partial charge is 0.306 e. The molecular formula is C16H26O3. The van der Waals surface area contributed by atoms with Gasteiger partial charge in [-0.05, 0) is 43.6 Å². The average molecular weight is 266 g/mol. The maximum Gasteiger partial charge on any atom is 0.306 e. The molecule has 3 nitrogen and oxygen atoms in total. The summed E-state index contributed by atoms with van der Waals surface area (Å²) >= 11 is 0. The lowest BCUT2D eigenvalue weighted by atomic mass is 9.88. The standard InChI is InChI=1S/C16H26O3/c1-3-12(2)13-7-8-14(18-11-13)9-10-15-5-4-6-16(17)19-15/h8,12-13,15H,3-7,9-11H2,1-2H3. The van der Waals surface area contributed by atoms with Gasteiger partial charge in [-0.1, -0.05) is 20.3 Å². The van der Waals surface area contributed by atoms with Crippen molar-refractivity contribution in [1.82, 2.24) is 0 Å². The van der Waals surface area contributed by atoms with Crippen LogP contribution in [-0.2, 0) is 14.3 Å². The summed E-state index contributed by atoms with van der Waals surface area (Å²) < 4.78 is 11.2. The first-order chi connectivity index (χ1) is 9.19. The van der Waals surface area contributed by atoms with Crippen molar-refractivity contribution in [3.05, 3.63) is 11.8 Å². The van der Waals surface area contributed by atoms with Gasteiger partial charge >= 0.3 is 5.97 Å². The van der Waals surface area contributed by atoms with Crippen molar-refractivity contribution in [2.75, 3.05) is 6.61 Å². The van der Waals surface area contributed by atoms with Gasteiger partial charge in [0, 0.05) is 12.8 Å². The highest BCUT2D eigenvalue weighted by Gasteiger charge is 2.23. The molecule has 2 aliphatic heterocycles. The van der Waals surface area contributed by atoms with E-state index in [0.717, 1.165) is 50.4 Å². The molecule has 1 saturated heterocycles. The van der Waals surface area contributed by atoms with Crippen molar-refractivity contribution in [3.8, 4) is 0 Å². The monoisotopic (exact) mass is 266 g/mol. The molecule has 3 heteroatoms.